The molecule has 0 spiro atoms. The zero-order chi connectivity index (χ0) is 12.1. The van der Waals surface area contributed by atoms with Gasteiger partial charge in [0.1, 0.15) is 0 Å². The molecule has 1 aromatic rings. The zero-order valence-corrected chi connectivity index (χ0v) is 10.6. The fraction of sp³-hybridized carbons (Fsp3) is 0.300. The number of hydrogen-bond donors (Lipinski definition) is 0. The van der Waals surface area contributed by atoms with Crippen LogP contribution in [0.5, 0.6) is 0 Å². The number of nitrogens with zero attached hydrogens (tertiary/aromatic N) is 1. The summed E-state index contributed by atoms with van der Waals surface area (Å²) in [5, 5.41) is 11.2. The van der Waals surface area contributed by atoms with Gasteiger partial charge in [0.25, 0.3) is 5.69 Å². The molecule has 0 aliphatic heterocycles. The van der Waals surface area contributed by atoms with Crippen molar-refractivity contribution in [1.82, 2.24) is 0 Å². The van der Waals surface area contributed by atoms with E-state index in [9.17, 15) is 14.9 Å². The van der Waals surface area contributed by atoms with Crippen molar-refractivity contribution in [1.29, 1.82) is 0 Å². The molecule has 0 unspecified atom stereocenters. The second-order valence-corrected chi connectivity index (χ2v) is 4.16. The molecule has 0 N–H and O–H groups in total. The van der Waals surface area contributed by atoms with Crippen LogP contribution in [0.2, 0.25) is 0 Å². The Morgan fingerprint density at radius 2 is 2.19 bits per heavy atom. The highest BCUT2D eigenvalue weighted by Gasteiger charge is 2.15. The summed E-state index contributed by atoms with van der Waals surface area (Å²) in [6, 6.07) is 4.26. The van der Waals surface area contributed by atoms with Gasteiger partial charge in [-0.05, 0) is 12.1 Å². The Morgan fingerprint density at radius 1 is 1.50 bits per heavy atom. The van der Waals surface area contributed by atoms with Crippen LogP contribution in [0.4, 0.5) is 5.69 Å². The first-order chi connectivity index (χ1) is 7.60. The maximum absolute atomic E-state index is 11.6. The Balaban J connectivity index is 3.08. The van der Waals surface area contributed by atoms with E-state index in [1.54, 1.807) is 0 Å². The van der Waals surface area contributed by atoms with E-state index in [4.69, 9.17) is 11.6 Å². The summed E-state index contributed by atoms with van der Waals surface area (Å²) in [7, 11) is 0. The van der Waals surface area contributed by atoms with E-state index in [-0.39, 0.29) is 17.4 Å². The highest BCUT2D eigenvalue weighted by atomic mass is 79.9. The Hall–Kier alpha value is -0.940. The molecule has 0 aliphatic carbocycles. The quantitative estimate of drug-likeness (QED) is 0.363. The standard InChI is InChI=1S/C10H9BrClNO3/c11-4-3-10(14)7-1-2-9(13(15)16)8(5-7)6-12/h1-2,5H,3-4,6H2. The number of benzene rings is 1. The third-order valence-corrected chi connectivity index (χ3v) is 2.75. The molecule has 4 nitrogen and oxygen atoms in total. The first kappa shape index (κ1) is 13.1. The molecule has 16 heavy (non-hydrogen) atoms. The number of nitro benzene ring substituents is 1. The fourth-order valence-electron chi connectivity index (χ4n) is 1.27. The van der Waals surface area contributed by atoms with Gasteiger partial charge in [-0.25, -0.2) is 0 Å². The minimum absolute atomic E-state index is 0.0196. The molecule has 0 atom stereocenters. The second-order valence-electron chi connectivity index (χ2n) is 3.10. The molecule has 0 radical (unpaired) electrons. The Bertz CT molecular complexity index is 423. The molecule has 0 bridgehead atoms. The highest BCUT2D eigenvalue weighted by Crippen LogP contribution is 2.22. The predicted molar refractivity (Wildman–Crippen MR) is 65.4 cm³/mol. The van der Waals surface area contributed by atoms with Gasteiger partial charge in [-0.3, -0.25) is 14.9 Å². The predicted octanol–water partition coefficient (Wildman–Crippen LogP) is 3.30. The molecule has 0 saturated heterocycles. The van der Waals surface area contributed by atoms with E-state index in [1.807, 2.05) is 0 Å². The topological polar surface area (TPSA) is 60.2 Å². The summed E-state index contributed by atoms with van der Waals surface area (Å²) in [5.41, 5.74) is 0.776. The Labute approximate surface area is 106 Å². The van der Waals surface area contributed by atoms with Crippen LogP contribution in [0.25, 0.3) is 0 Å². The normalized spacial score (nSPS) is 10.1. The maximum Gasteiger partial charge on any atom is 0.273 e. The number of alkyl halides is 2. The first-order valence-electron chi connectivity index (χ1n) is 4.52. The van der Waals surface area contributed by atoms with E-state index in [0.29, 0.717) is 22.9 Å². The van der Waals surface area contributed by atoms with Crippen LogP contribution in [-0.2, 0) is 5.88 Å². The van der Waals surface area contributed by atoms with E-state index in [0.717, 1.165) is 0 Å². The number of Topliss-reactive ketones (excluding diaryl/α,β-unsaturated/α-hetero) is 1. The van der Waals surface area contributed by atoms with Gasteiger partial charge in [-0.15, -0.1) is 11.6 Å². The molecule has 86 valence electrons. The smallest absolute Gasteiger partial charge is 0.273 e. The summed E-state index contributed by atoms with van der Waals surface area (Å²) in [6.45, 7) is 0. The van der Waals surface area contributed by atoms with E-state index >= 15 is 0 Å². The lowest BCUT2D eigenvalue weighted by molar-refractivity contribution is -0.385. The number of carbonyl (C=O) groups is 1. The first-order valence-corrected chi connectivity index (χ1v) is 6.18. The largest absolute Gasteiger partial charge is 0.294 e. The van der Waals surface area contributed by atoms with Crippen LogP contribution in [-0.4, -0.2) is 16.0 Å². The lowest BCUT2D eigenvalue weighted by atomic mass is 10.1. The minimum Gasteiger partial charge on any atom is -0.294 e. The van der Waals surface area contributed by atoms with Gasteiger partial charge < -0.3 is 0 Å². The van der Waals surface area contributed by atoms with Crippen molar-refractivity contribution in [3.63, 3.8) is 0 Å². The van der Waals surface area contributed by atoms with Crippen molar-refractivity contribution in [2.45, 2.75) is 12.3 Å². The highest BCUT2D eigenvalue weighted by molar-refractivity contribution is 9.09. The third-order valence-electron chi connectivity index (χ3n) is 2.06. The van der Waals surface area contributed by atoms with Gasteiger partial charge in [-0.2, -0.15) is 0 Å². The van der Waals surface area contributed by atoms with Crippen LogP contribution in [0, 0.1) is 10.1 Å². The molecule has 0 amide bonds. The molecular formula is C10H9BrClNO3. The fourth-order valence-corrected chi connectivity index (χ4v) is 1.85. The summed E-state index contributed by atoms with van der Waals surface area (Å²) in [6.07, 6.45) is 0.361. The van der Waals surface area contributed by atoms with Gasteiger partial charge in [-0.1, -0.05) is 15.9 Å². The number of hydrogen-bond acceptors (Lipinski definition) is 3. The molecule has 0 aliphatic rings. The monoisotopic (exact) mass is 305 g/mol. The molecule has 0 heterocycles. The number of nitro groups is 1. The SMILES string of the molecule is O=C(CCBr)c1ccc([N+](=O)[O-])c(CCl)c1. The van der Waals surface area contributed by atoms with Crippen molar-refractivity contribution in [3.05, 3.63) is 39.4 Å². The zero-order valence-electron chi connectivity index (χ0n) is 8.28. The van der Waals surface area contributed by atoms with Crippen LogP contribution >= 0.6 is 27.5 Å². The number of rotatable bonds is 5. The summed E-state index contributed by atoms with van der Waals surface area (Å²) in [5.74, 6) is -0.0377. The number of ketones is 1. The summed E-state index contributed by atoms with van der Waals surface area (Å²) in [4.78, 5) is 21.7. The van der Waals surface area contributed by atoms with E-state index in [1.165, 1.54) is 18.2 Å². The van der Waals surface area contributed by atoms with Crippen molar-refractivity contribution >= 4 is 39.0 Å². The van der Waals surface area contributed by atoms with Crippen LogP contribution in [0.3, 0.4) is 0 Å². The minimum atomic E-state index is -0.504. The van der Waals surface area contributed by atoms with Crippen molar-refractivity contribution in [2.75, 3.05) is 5.33 Å². The lowest BCUT2D eigenvalue weighted by Gasteiger charge is -2.02. The average Bonchev–Trinajstić information content (AvgIpc) is 2.28. The Kier molecular flexibility index (Phi) is 4.89. The lowest BCUT2D eigenvalue weighted by Crippen LogP contribution is -2.02. The Morgan fingerprint density at radius 3 is 2.69 bits per heavy atom. The summed E-state index contributed by atoms with van der Waals surface area (Å²) >= 11 is 8.77. The van der Waals surface area contributed by atoms with Gasteiger partial charge in [0.15, 0.2) is 5.78 Å². The number of carbonyl (C=O) groups excluding carboxylic acids is 1. The number of halogens is 2. The molecule has 6 heteroatoms. The van der Waals surface area contributed by atoms with E-state index < -0.39 is 4.92 Å². The second kappa shape index (κ2) is 5.96. The van der Waals surface area contributed by atoms with Gasteiger partial charge in [0.05, 0.1) is 10.8 Å². The molecule has 0 aromatic heterocycles. The van der Waals surface area contributed by atoms with Crippen LogP contribution in [0.15, 0.2) is 18.2 Å². The van der Waals surface area contributed by atoms with Crippen LogP contribution in [0.1, 0.15) is 22.3 Å². The van der Waals surface area contributed by atoms with Gasteiger partial charge >= 0.3 is 0 Å². The maximum atomic E-state index is 11.6. The summed E-state index contributed by atoms with van der Waals surface area (Å²) < 4.78 is 0. The van der Waals surface area contributed by atoms with Crippen molar-refractivity contribution < 1.29 is 9.72 Å². The molecular weight excluding hydrogens is 297 g/mol. The third kappa shape index (κ3) is 3.02. The van der Waals surface area contributed by atoms with E-state index in [2.05, 4.69) is 15.9 Å². The van der Waals surface area contributed by atoms with Gasteiger partial charge in [0.2, 0.25) is 0 Å². The molecule has 1 rings (SSSR count). The van der Waals surface area contributed by atoms with Crippen LogP contribution < -0.4 is 0 Å². The average molecular weight is 307 g/mol. The molecule has 1 aromatic carbocycles. The van der Waals surface area contributed by atoms with Crippen molar-refractivity contribution in [3.8, 4) is 0 Å². The molecule has 0 fully saturated rings. The molecule has 0 saturated carbocycles. The van der Waals surface area contributed by atoms with Gasteiger partial charge in [0, 0.05) is 28.9 Å². The van der Waals surface area contributed by atoms with Crippen molar-refractivity contribution in [2.24, 2.45) is 0 Å².